The van der Waals surface area contributed by atoms with Crippen LogP contribution in [0.2, 0.25) is 0 Å². The molecule has 0 bridgehead atoms. The summed E-state index contributed by atoms with van der Waals surface area (Å²) in [5, 5.41) is 21.0. The smallest absolute Gasteiger partial charge is 0.135 e. The number of thiazole rings is 1. The topological polar surface area (TPSA) is 73.1 Å². The Morgan fingerprint density at radius 2 is 2.35 bits per heavy atom. The van der Waals surface area contributed by atoms with Gasteiger partial charge in [-0.1, -0.05) is 6.07 Å². The van der Waals surface area contributed by atoms with Gasteiger partial charge >= 0.3 is 0 Å². The van der Waals surface area contributed by atoms with Crippen molar-refractivity contribution in [2.45, 2.75) is 13.5 Å². The van der Waals surface area contributed by atoms with Crippen LogP contribution in [0.15, 0.2) is 35.7 Å². The molecule has 2 aromatic rings. The Morgan fingerprint density at radius 1 is 1.50 bits per heavy atom. The minimum absolute atomic E-state index is 0.216. The number of aryl methyl sites for hydroxylation is 1. The zero-order chi connectivity index (χ0) is 14.1. The lowest BCUT2D eigenvalue weighted by atomic mass is 10.2. The maximum absolute atomic E-state index is 10.1. The van der Waals surface area contributed by atoms with Crippen molar-refractivity contribution in [1.82, 2.24) is 14.9 Å². The summed E-state index contributed by atoms with van der Waals surface area (Å²) in [5.74, 6) is 0.536. The fourth-order valence-corrected chi connectivity index (χ4v) is 3.04. The maximum atomic E-state index is 10.1. The fraction of sp³-hybridized carbons (Fsp3) is 0.214. The van der Waals surface area contributed by atoms with Gasteiger partial charge in [0, 0.05) is 30.0 Å². The van der Waals surface area contributed by atoms with Crippen molar-refractivity contribution in [2.75, 3.05) is 6.54 Å². The molecule has 102 valence electrons. The van der Waals surface area contributed by atoms with Gasteiger partial charge in [0.15, 0.2) is 0 Å². The average Bonchev–Trinajstić information content (AvgIpc) is 2.96. The molecule has 0 aliphatic carbocycles. The lowest BCUT2D eigenvalue weighted by Crippen LogP contribution is -2.26. The van der Waals surface area contributed by atoms with Gasteiger partial charge in [-0.2, -0.15) is 0 Å². The number of rotatable bonds is 3. The van der Waals surface area contributed by atoms with Crippen molar-refractivity contribution >= 4 is 22.7 Å². The van der Waals surface area contributed by atoms with Crippen molar-refractivity contribution < 1.29 is 5.11 Å². The average molecular weight is 286 g/mol. The van der Waals surface area contributed by atoms with Crippen molar-refractivity contribution in [3.63, 3.8) is 0 Å². The highest BCUT2D eigenvalue weighted by Gasteiger charge is 2.29. The molecule has 3 heterocycles. The Labute approximate surface area is 120 Å². The van der Waals surface area contributed by atoms with Crippen LogP contribution >= 0.6 is 11.3 Å². The van der Waals surface area contributed by atoms with E-state index in [4.69, 9.17) is 5.41 Å². The highest BCUT2D eigenvalue weighted by molar-refractivity contribution is 7.11. The number of aromatic nitrogens is 2. The summed E-state index contributed by atoms with van der Waals surface area (Å²) in [7, 11) is 0. The molecular weight excluding hydrogens is 272 g/mol. The van der Waals surface area contributed by atoms with Gasteiger partial charge < -0.3 is 10.0 Å². The highest BCUT2D eigenvalue weighted by Crippen LogP contribution is 2.30. The fourth-order valence-electron chi connectivity index (χ4n) is 2.17. The van der Waals surface area contributed by atoms with Crippen molar-refractivity contribution in [3.05, 3.63) is 51.9 Å². The molecule has 1 aliphatic heterocycles. The molecule has 0 amide bonds. The third-order valence-electron chi connectivity index (χ3n) is 3.11. The van der Waals surface area contributed by atoms with E-state index in [0.29, 0.717) is 29.5 Å². The standard InChI is InChI=1S/C14H14N4OS/c1-9-8-20-14(17-9)12-11(19)7-18(13(12)15)6-10-3-2-4-16-5-10/h2-5,8,15,19H,6-7H2,1H3. The van der Waals surface area contributed by atoms with Gasteiger partial charge in [0.05, 0.1) is 12.1 Å². The number of hydrogen-bond donors (Lipinski definition) is 2. The maximum Gasteiger partial charge on any atom is 0.135 e. The molecule has 6 heteroatoms. The molecule has 5 nitrogen and oxygen atoms in total. The molecule has 20 heavy (non-hydrogen) atoms. The third-order valence-corrected chi connectivity index (χ3v) is 4.09. The van der Waals surface area contributed by atoms with Gasteiger partial charge in [0.1, 0.15) is 16.6 Å². The van der Waals surface area contributed by atoms with E-state index in [1.54, 1.807) is 12.4 Å². The number of aliphatic hydroxyl groups excluding tert-OH is 1. The molecule has 0 spiro atoms. The first kappa shape index (κ1) is 12.8. The van der Waals surface area contributed by atoms with Crippen LogP contribution in [0.3, 0.4) is 0 Å². The second-order valence-corrected chi connectivity index (χ2v) is 5.54. The minimum Gasteiger partial charge on any atom is -0.510 e. The summed E-state index contributed by atoms with van der Waals surface area (Å²) >= 11 is 1.45. The molecule has 1 aliphatic rings. The van der Waals surface area contributed by atoms with Crippen LogP contribution in [0.1, 0.15) is 16.3 Å². The number of nitrogens with zero attached hydrogens (tertiary/aromatic N) is 3. The first-order chi connectivity index (χ1) is 9.65. The van der Waals surface area contributed by atoms with E-state index in [2.05, 4.69) is 9.97 Å². The summed E-state index contributed by atoms with van der Waals surface area (Å²) < 4.78 is 0. The molecule has 0 saturated heterocycles. The highest BCUT2D eigenvalue weighted by atomic mass is 32.1. The SMILES string of the molecule is Cc1csc(C2=C(O)CN(Cc3cccnc3)C2=N)n1. The van der Waals surface area contributed by atoms with E-state index >= 15 is 0 Å². The van der Waals surface area contributed by atoms with Crippen LogP contribution in [0, 0.1) is 12.3 Å². The third kappa shape index (κ3) is 2.30. The quantitative estimate of drug-likeness (QED) is 0.909. The summed E-state index contributed by atoms with van der Waals surface area (Å²) in [6.45, 7) is 2.82. The molecule has 0 atom stereocenters. The molecular formula is C14H14N4OS. The van der Waals surface area contributed by atoms with Crippen LogP contribution < -0.4 is 0 Å². The molecule has 0 unspecified atom stereocenters. The Bertz CT molecular complexity index is 677. The Morgan fingerprint density at radius 3 is 3.00 bits per heavy atom. The number of amidine groups is 1. The Kier molecular flexibility index (Phi) is 3.23. The summed E-state index contributed by atoms with van der Waals surface area (Å²) in [5.41, 5.74) is 2.47. The van der Waals surface area contributed by atoms with Gasteiger partial charge in [-0.15, -0.1) is 11.3 Å². The molecule has 0 saturated carbocycles. The number of nitrogens with one attached hydrogen (secondary N) is 1. The van der Waals surface area contributed by atoms with Crippen molar-refractivity contribution in [2.24, 2.45) is 0 Å². The van der Waals surface area contributed by atoms with Crippen LogP contribution in [0.4, 0.5) is 0 Å². The van der Waals surface area contributed by atoms with Gasteiger partial charge in [-0.05, 0) is 18.6 Å². The van der Waals surface area contributed by atoms with E-state index in [9.17, 15) is 5.11 Å². The molecule has 0 radical (unpaired) electrons. The van der Waals surface area contributed by atoms with E-state index in [0.717, 1.165) is 11.3 Å². The van der Waals surface area contributed by atoms with Gasteiger partial charge in [-0.25, -0.2) is 4.98 Å². The minimum atomic E-state index is 0.216. The normalized spacial score (nSPS) is 15.2. The zero-order valence-electron chi connectivity index (χ0n) is 11.0. The molecule has 3 rings (SSSR count). The lowest BCUT2D eigenvalue weighted by Gasteiger charge is -2.18. The molecule has 2 N–H and O–H groups in total. The van der Waals surface area contributed by atoms with Gasteiger partial charge in [-0.3, -0.25) is 10.4 Å². The predicted octanol–water partition coefficient (Wildman–Crippen LogP) is 2.61. The number of aliphatic hydroxyl groups is 1. The van der Waals surface area contributed by atoms with Crippen LogP contribution in [0.5, 0.6) is 0 Å². The van der Waals surface area contributed by atoms with E-state index in [-0.39, 0.29) is 5.76 Å². The summed E-state index contributed by atoms with van der Waals surface area (Å²) in [6.07, 6.45) is 3.49. The van der Waals surface area contributed by atoms with Crippen LogP contribution in [-0.2, 0) is 6.54 Å². The largest absolute Gasteiger partial charge is 0.510 e. The predicted molar refractivity (Wildman–Crippen MR) is 78.8 cm³/mol. The second-order valence-electron chi connectivity index (χ2n) is 4.68. The molecule has 0 aromatic carbocycles. The van der Waals surface area contributed by atoms with Crippen LogP contribution in [0.25, 0.3) is 5.57 Å². The number of pyridine rings is 1. The lowest BCUT2D eigenvalue weighted by molar-refractivity contribution is 0.347. The van der Waals surface area contributed by atoms with Crippen molar-refractivity contribution in [1.29, 1.82) is 5.41 Å². The first-order valence-corrected chi connectivity index (χ1v) is 7.10. The summed E-state index contributed by atoms with van der Waals surface area (Å²) in [6, 6.07) is 3.83. The first-order valence-electron chi connectivity index (χ1n) is 6.22. The molecule has 2 aromatic heterocycles. The van der Waals surface area contributed by atoms with Gasteiger partial charge in [0.2, 0.25) is 0 Å². The van der Waals surface area contributed by atoms with Crippen molar-refractivity contribution in [3.8, 4) is 0 Å². The van der Waals surface area contributed by atoms with E-state index < -0.39 is 0 Å². The number of hydrogen-bond acceptors (Lipinski definition) is 5. The van der Waals surface area contributed by atoms with E-state index in [1.807, 2.05) is 29.3 Å². The second kappa shape index (κ2) is 5.05. The van der Waals surface area contributed by atoms with Crippen LogP contribution in [-0.4, -0.2) is 32.4 Å². The van der Waals surface area contributed by atoms with Gasteiger partial charge in [0.25, 0.3) is 0 Å². The monoisotopic (exact) mass is 286 g/mol. The summed E-state index contributed by atoms with van der Waals surface area (Å²) in [4.78, 5) is 10.2. The Balaban J connectivity index is 1.82. The van der Waals surface area contributed by atoms with E-state index in [1.165, 1.54) is 11.3 Å². The zero-order valence-corrected chi connectivity index (χ0v) is 11.8. The Hall–Kier alpha value is -2.21. The molecule has 0 fully saturated rings.